The van der Waals surface area contributed by atoms with E-state index >= 15 is 0 Å². The number of amides is 3. The van der Waals surface area contributed by atoms with E-state index in [1.54, 1.807) is 12.3 Å². The van der Waals surface area contributed by atoms with Gasteiger partial charge >= 0.3 is 12.2 Å². The first-order valence-electron chi connectivity index (χ1n) is 16.2. The van der Waals surface area contributed by atoms with Gasteiger partial charge in [0.25, 0.3) is 0 Å². The standard InChI is InChI=1S/C36H48N4O7Si/c1-36(2,3)48(5,6)47-24-28-23-46-29(22-40(28)35(43)44)20-19-27-18-13-21-37-32(27)39-33(41)31(38-34(42)45-4)30(25-14-9-7-10-15-25)26-16-11-8-12-17-26/h7-18,21,28-31H,19-20,22-24H2,1-6H3,(H,38,42)(H,43,44)(H,37,39,41)/t28-,29+,31-/m0/s1. The Morgan fingerprint density at radius 3 is 2.21 bits per heavy atom. The maximum Gasteiger partial charge on any atom is 0.407 e. The van der Waals surface area contributed by atoms with Crippen LogP contribution in [0.3, 0.4) is 0 Å². The number of morpholine rings is 1. The van der Waals surface area contributed by atoms with E-state index in [-0.39, 0.29) is 30.3 Å². The van der Waals surface area contributed by atoms with E-state index in [1.165, 1.54) is 12.0 Å². The molecule has 3 atom stereocenters. The van der Waals surface area contributed by atoms with Gasteiger partial charge in [0.1, 0.15) is 11.9 Å². The van der Waals surface area contributed by atoms with Crippen molar-refractivity contribution in [3.8, 4) is 0 Å². The minimum absolute atomic E-state index is 0.00928. The van der Waals surface area contributed by atoms with Gasteiger partial charge in [0.2, 0.25) is 5.91 Å². The monoisotopic (exact) mass is 676 g/mol. The normalized spacial score (nSPS) is 17.4. The molecular weight excluding hydrogens is 629 g/mol. The SMILES string of the molecule is COC(=O)N[C@H](C(=O)Nc1ncccc1CC[C@@H]1CN(C(=O)O)[C@H](CO[Si](C)(C)C(C)(C)C)CO1)C(c1ccccc1)c1ccccc1. The Bertz CT molecular complexity index is 1480. The third-order valence-corrected chi connectivity index (χ3v) is 13.8. The van der Waals surface area contributed by atoms with Crippen LogP contribution < -0.4 is 10.6 Å². The number of hydrogen-bond acceptors (Lipinski definition) is 7. The van der Waals surface area contributed by atoms with Crippen molar-refractivity contribution >= 4 is 32.2 Å². The lowest BCUT2D eigenvalue weighted by Crippen LogP contribution is -2.55. The van der Waals surface area contributed by atoms with Gasteiger partial charge in [-0.25, -0.2) is 14.6 Å². The summed E-state index contributed by atoms with van der Waals surface area (Å²) in [6.45, 7) is 11.5. The molecule has 1 aliphatic rings. The zero-order valence-corrected chi connectivity index (χ0v) is 29.6. The van der Waals surface area contributed by atoms with E-state index in [1.807, 2.05) is 66.7 Å². The molecule has 1 saturated heterocycles. The highest BCUT2D eigenvalue weighted by molar-refractivity contribution is 6.74. The largest absolute Gasteiger partial charge is 0.465 e. The summed E-state index contributed by atoms with van der Waals surface area (Å²) >= 11 is 0. The Kier molecular flexibility index (Phi) is 12.4. The third-order valence-electron chi connectivity index (χ3n) is 9.31. The molecule has 48 heavy (non-hydrogen) atoms. The van der Waals surface area contributed by atoms with Gasteiger partial charge in [0.05, 0.1) is 39.0 Å². The van der Waals surface area contributed by atoms with Crippen LogP contribution in [0.1, 0.15) is 49.8 Å². The van der Waals surface area contributed by atoms with Gasteiger partial charge in [-0.05, 0) is 53.7 Å². The Hall–Kier alpha value is -4.26. The quantitative estimate of drug-likeness (QED) is 0.191. The summed E-state index contributed by atoms with van der Waals surface area (Å²) in [5.74, 6) is -0.635. The fourth-order valence-electron chi connectivity index (χ4n) is 5.47. The second-order valence-corrected chi connectivity index (χ2v) is 18.4. The fraction of sp³-hybridized carbons (Fsp3) is 0.444. The van der Waals surface area contributed by atoms with Crippen molar-refractivity contribution in [2.75, 3.05) is 32.2 Å². The van der Waals surface area contributed by atoms with Gasteiger partial charge in [-0.15, -0.1) is 0 Å². The molecule has 1 aromatic heterocycles. The molecule has 0 saturated carbocycles. The van der Waals surface area contributed by atoms with Crippen LogP contribution in [0.4, 0.5) is 15.4 Å². The highest BCUT2D eigenvalue weighted by Crippen LogP contribution is 2.37. The Balaban J connectivity index is 1.48. The molecule has 0 aliphatic carbocycles. The number of nitrogens with one attached hydrogen (secondary N) is 2. The number of benzene rings is 2. The molecule has 11 nitrogen and oxygen atoms in total. The zero-order chi connectivity index (χ0) is 34.9. The van der Waals surface area contributed by atoms with Crippen LogP contribution in [-0.2, 0) is 25.1 Å². The number of aryl methyl sites for hydroxylation is 1. The highest BCUT2D eigenvalue weighted by Gasteiger charge is 2.40. The summed E-state index contributed by atoms with van der Waals surface area (Å²) in [6.07, 6.45) is 0.486. The lowest BCUT2D eigenvalue weighted by molar-refractivity contribution is -0.118. The van der Waals surface area contributed by atoms with Gasteiger partial charge in [0.15, 0.2) is 8.32 Å². The van der Waals surface area contributed by atoms with E-state index in [9.17, 15) is 19.5 Å². The van der Waals surface area contributed by atoms with E-state index in [0.717, 1.165) is 16.7 Å². The van der Waals surface area contributed by atoms with Crippen molar-refractivity contribution in [3.05, 3.63) is 95.7 Å². The summed E-state index contributed by atoms with van der Waals surface area (Å²) in [6, 6.07) is 21.2. The number of aromatic nitrogens is 1. The van der Waals surface area contributed by atoms with Crippen molar-refractivity contribution < 1.29 is 33.4 Å². The van der Waals surface area contributed by atoms with Crippen molar-refractivity contribution in [1.82, 2.24) is 15.2 Å². The van der Waals surface area contributed by atoms with Crippen molar-refractivity contribution in [2.24, 2.45) is 0 Å². The first kappa shape index (κ1) is 36.6. The van der Waals surface area contributed by atoms with E-state index in [0.29, 0.717) is 25.3 Å². The van der Waals surface area contributed by atoms with Crippen LogP contribution in [0.25, 0.3) is 0 Å². The zero-order valence-electron chi connectivity index (χ0n) is 28.6. The van der Waals surface area contributed by atoms with Crippen LogP contribution in [0.15, 0.2) is 79.0 Å². The second kappa shape index (κ2) is 16.2. The summed E-state index contributed by atoms with van der Waals surface area (Å²) in [5.41, 5.74) is 2.44. The van der Waals surface area contributed by atoms with E-state index < -0.39 is 38.4 Å². The molecule has 0 bridgehead atoms. The Morgan fingerprint density at radius 2 is 1.65 bits per heavy atom. The van der Waals surface area contributed by atoms with Crippen LogP contribution in [0.2, 0.25) is 18.1 Å². The number of anilines is 1. The molecule has 1 aliphatic heterocycles. The number of carboxylic acid groups (broad SMARTS) is 1. The smallest absolute Gasteiger partial charge is 0.407 e. The molecule has 0 unspecified atom stereocenters. The Labute approximate surface area is 284 Å². The molecule has 3 amide bonds. The summed E-state index contributed by atoms with van der Waals surface area (Å²) in [4.78, 5) is 44.7. The van der Waals surface area contributed by atoms with Crippen LogP contribution in [0.5, 0.6) is 0 Å². The van der Waals surface area contributed by atoms with Crippen molar-refractivity contribution in [3.63, 3.8) is 0 Å². The number of nitrogens with zero attached hydrogens (tertiary/aromatic N) is 2. The first-order valence-corrected chi connectivity index (χ1v) is 19.2. The summed E-state index contributed by atoms with van der Waals surface area (Å²) in [5, 5.41) is 15.7. The van der Waals surface area contributed by atoms with Crippen molar-refractivity contribution in [1.29, 1.82) is 0 Å². The predicted molar refractivity (Wildman–Crippen MR) is 187 cm³/mol. The number of carbonyl (C=O) groups excluding carboxylic acids is 2. The fourth-order valence-corrected chi connectivity index (χ4v) is 6.52. The van der Waals surface area contributed by atoms with Gasteiger partial charge in [-0.3, -0.25) is 9.69 Å². The molecule has 0 radical (unpaired) electrons. The van der Waals surface area contributed by atoms with Crippen LogP contribution >= 0.6 is 0 Å². The average molecular weight is 677 g/mol. The van der Waals surface area contributed by atoms with Crippen LogP contribution in [-0.4, -0.2) is 86.5 Å². The molecule has 3 N–H and O–H groups in total. The number of rotatable bonds is 12. The first-order chi connectivity index (χ1) is 22.8. The van der Waals surface area contributed by atoms with Crippen molar-refractivity contribution in [2.45, 2.75) is 75.9 Å². The molecule has 258 valence electrons. The number of alkyl carbamates (subject to hydrolysis) is 1. The molecule has 0 spiro atoms. The maximum absolute atomic E-state index is 14.0. The average Bonchev–Trinajstić information content (AvgIpc) is 3.07. The topological polar surface area (TPSA) is 139 Å². The van der Waals surface area contributed by atoms with E-state index in [4.69, 9.17) is 13.9 Å². The number of pyridine rings is 1. The van der Waals surface area contributed by atoms with Crippen LogP contribution in [0, 0.1) is 0 Å². The van der Waals surface area contributed by atoms with Gasteiger partial charge in [0, 0.05) is 12.1 Å². The lowest BCUT2D eigenvalue weighted by atomic mass is 9.84. The molecule has 4 rings (SSSR count). The van der Waals surface area contributed by atoms with Gasteiger partial charge in [-0.1, -0.05) is 87.5 Å². The molecule has 12 heteroatoms. The number of ether oxygens (including phenoxy) is 2. The van der Waals surface area contributed by atoms with Gasteiger partial charge < -0.3 is 29.6 Å². The Morgan fingerprint density at radius 1 is 1.02 bits per heavy atom. The second-order valence-electron chi connectivity index (χ2n) is 13.6. The molecule has 2 aromatic carbocycles. The molecule has 2 heterocycles. The number of carbonyl (C=O) groups is 3. The highest BCUT2D eigenvalue weighted by atomic mass is 28.4. The van der Waals surface area contributed by atoms with E-state index in [2.05, 4.69) is 49.5 Å². The lowest BCUT2D eigenvalue weighted by Gasteiger charge is -2.41. The number of methoxy groups -OCH3 is 1. The summed E-state index contributed by atoms with van der Waals surface area (Å²) < 4.78 is 17.4. The molecular formula is C36H48N4O7Si. The minimum Gasteiger partial charge on any atom is -0.465 e. The molecule has 3 aromatic rings. The predicted octanol–water partition coefficient (Wildman–Crippen LogP) is 6.28. The molecule has 1 fully saturated rings. The summed E-state index contributed by atoms with van der Waals surface area (Å²) in [7, 11) is -0.808. The van der Waals surface area contributed by atoms with Gasteiger partial charge in [-0.2, -0.15) is 0 Å². The maximum atomic E-state index is 14.0. The minimum atomic E-state index is -2.06. The number of hydrogen-bond donors (Lipinski definition) is 3. The third kappa shape index (κ3) is 9.42.